The fraction of sp³-hybridized carbons (Fsp3) is 0.600. The maximum atomic E-state index is 11.8. The van der Waals surface area contributed by atoms with Crippen molar-refractivity contribution < 1.29 is 9.53 Å². The van der Waals surface area contributed by atoms with Crippen molar-refractivity contribution in [2.24, 2.45) is 0 Å². The first-order valence-corrected chi connectivity index (χ1v) is 5.39. The van der Waals surface area contributed by atoms with Gasteiger partial charge in [-0.2, -0.15) is 0 Å². The van der Waals surface area contributed by atoms with Gasteiger partial charge in [-0.15, -0.1) is 0 Å². The third-order valence-corrected chi connectivity index (χ3v) is 2.58. The highest BCUT2D eigenvalue weighted by molar-refractivity contribution is 5.69. The number of fused-ring (bicyclic) bond motifs is 1. The zero-order valence-electron chi connectivity index (χ0n) is 9.21. The molecule has 0 amide bonds. The van der Waals surface area contributed by atoms with Crippen LogP contribution in [0.2, 0.25) is 0 Å². The summed E-state index contributed by atoms with van der Waals surface area (Å²) in [4.78, 5) is 23.1. The largest absolute Gasteiger partial charge is 0.465 e. The van der Waals surface area contributed by atoms with Crippen LogP contribution in [0.4, 0.5) is 0 Å². The maximum absolute atomic E-state index is 11.8. The van der Waals surface area contributed by atoms with Gasteiger partial charge in [-0.1, -0.05) is 0 Å². The van der Waals surface area contributed by atoms with Gasteiger partial charge in [-0.25, -0.2) is 4.68 Å². The van der Waals surface area contributed by atoms with Gasteiger partial charge >= 0.3 is 5.97 Å². The molecule has 2 rings (SSSR count). The fourth-order valence-electron chi connectivity index (χ4n) is 1.84. The van der Waals surface area contributed by atoms with Crippen molar-refractivity contribution in [1.29, 1.82) is 0 Å². The molecule has 0 saturated carbocycles. The Labute approximate surface area is 92.6 Å². The normalized spacial score (nSPS) is 14.6. The molecule has 88 valence electrons. The molecule has 0 saturated heterocycles. The van der Waals surface area contributed by atoms with E-state index in [2.05, 4.69) is 10.4 Å². The predicted molar refractivity (Wildman–Crippen MR) is 57.1 cm³/mol. The quantitative estimate of drug-likeness (QED) is 0.672. The Kier molecular flexibility index (Phi) is 3.09. The molecule has 1 aromatic rings. The number of ether oxygens (including phenoxy) is 1. The van der Waals surface area contributed by atoms with Crippen LogP contribution in [-0.4, -0.2) is 28.9 Å². The summed E-state index contributed by atoms with van der Waals surface area (Å²) < 4.78 is 6.11. The molecule has 1 aliphatic rings. The van der Waals surface area contributed by atoms with Crippen LogP contribution in [0.25, 0.3) is 0 Å². The van der Waals surface area contributed by atoms with Crippen molar-refractivity contribution in [2.75, 3.05) is 13.2 Å². The zero-order valence-corrected chi connectivity index (χ0v) is 9.21. The molecule has 6 heteroatoms. The summed E-state index contributed by atoms with van der Waals surface area (Å²) in [5.41, 5.74) is 1.53. The molecular formula is C10H15N3O3. The molecule has 0 aromatic carbocycles. The molecule has 0 spiro atoms. The van der Waals surface area contributed by atoms with Gasteiger partial charge in [0, 0.05) is 25.2 Å². The molecule has 0 atom stereocenters. The van der Waals surface area contributed by atoms with Crippen molar-refractivity contribution in [3.05, 3.63) is 21.6 Å². The topological polar surface area (TPSA) is 76.1 Å². The van der Waals surface area contributed by atoms with Gasteiger partial charge in [0.05, 0.1) is 12.2 Å². The van der Waals surface area contributed by atoms with Gasteiger partial charge in [-0.05, 0) is 6.92 Å². The summed E-state index contributed by atoms with van der Waals surface area (Å²) in [6, 6.07) is 0. The molecule has 0 fully saturated rings. The minimum absolute atomic E-state index is 0.0420. The minimum Gasteiger partial charge on any atom is -0.465 e. The molecule has 1 aliphatic heterocycles. The van der Waals surface area contributed by atoms with Crippen LogP contribution in [-0.2, 0) is 29.0 Å². The van der Waals surface area contributed by atoms with Gasteiger partial charge < -0.3 is 10.1 Å². The number of aromatic amines is 1. The highest BCUT2D eigenvalue weighted by Crippen LogP contribution is 2.06. The van der Waals surface area contributed by atoms with Crippen LogP contribution < -0.4 is 10.9 Å². The van der Waals surface area contributed by atoms with Crippen molar-refractivity contribution in [3.63, 3.8) is 0 Å². The smallest absolute Gasteiger partial charge is 0.327 e. The number of nitrogens with one attached hydrogen (secondary N) is 2. The third kappa shape index (κ3) is 2.01. The molecule has 2 N–H and O–H groups in total. The monoisotopic (exact) mass is 225 g/mol. The van der Waals surface area contributed by atoms with E-state index in [4.69, 9.17) is 4.74 Å². The van der Waals surface area contributed by atoms with Crippen LogP contribution >= 0.6 is 0 Å². The molecule has 0 aliphatic carbocycles. The first kappa shape index (κ1) is 10.9. The number of esters is 1. The Balaban J connectivity index is 2.19. The van der Waals surface area contributed by atoms with Crippen LogP contribution in [0.5, 0.6) is 0 Å². The fourth-order valence-corrected chi connectivity index (χ4v) is 1.84. The van der Waals surface area contributed by atoms with Crippen molar-refractivity contribution in [2.45, 2.75) is 26.4 Å². The van der Waals surface area contributed by atoms with E-state index in [0.29, 0.717) is 13.2 Å². The number of nitrogens with zero attached hydrogens (tertiary/aromatic N) is 1. The lowest BCUT2D eigenvalue weighted by Gasteiger charge is -2.09. The SMILES string of the molecule is CCOC(=O)Cn1[nH]c2c(c1=O)CNCC2. The first-order chi connectivity index (χ1) is 7.72. The molecule has 0 bridgehead atoms. The third-order valence-electron chi connectivity index (χ3n) is 2.58. The number of hydrogen-bond donors (Lipinski definition) is 2. The second-order valence-corrected chi connectivity index (χ2v) is 3.69. The van der Waals surface area contributed by atoms with E-state index in [0.717, 1.165) is 24.2 Å². The van der Waals surface area contributed by atoms with E-state index in [1.165, 1.54) is 4.68 Å². The van der Waals surface area contributed by atoms with E-state index in [1.807, 2.05) is 0 Å². The van der Waals surface area contributed by atoms with Gasteiger partial charge in [0.1, 0.15) is 6.54 Å². The average molecular weight is 225 g/mol. The Morgan fingerprint density at radius 1 is 1.56 bits per heavy atom. The van der Waals surface area contributed by atoms with Gasteiger partial charge in [0.15, 0.2) is 0 Å². The standard InChI is InChI=1S/C10H15N3O3/c1-2-16-9(14)6-13-10(15)7-5-11-4-3-8(7)12-13/h11-12H,2-6H2,1H3. The molecule has 6 nitrogen and oxygen atoms in total. The van der Waals surface area contributed by atoms with E-state index in [-0.39, 0.29) is 12.1 Å². The molecule has 2 heterocycles. The van der Waals surface area contributed by atoms with Crippen LogP contribution in [0, 0.1) is 0 Å². The van der Waals surface area contributed by atoms with Crippen molar-refractivity contribution in [1.82, 2.24) is 15.1 Å². The second-order valence-electron chi connectivity index (χ2n) is 3.69. The number of carbonyl (C=O) groups excluding carboxylic acids is 1. The van der Waals surface area contributed by atoms with Crippen LogP contribution in [0.3, 0.4) is 0 Å². The summed E-state index contributed by atoms with van der Waals surface area (Å²) in [6.07, 6.45) is 0.792. The Hall–Kier alpha value is -1.56. The summed E-state index contributed by atoms with van der Waals surface area (Å²) in [5.74, 6) is -0.392. The minimum atomic E-state index is -0.392. The highest BCUT2D eigenvalue weighted by Gasteiger charge is 2.18. The maximum Gasteiger partial charge on any atom is 0.327 e. The number of carbonyl (C=O) groups is 1. The molecule has 16 heavy (non-hydrogen) atoms. The Morgan fingerprint density at radius 3 is 3.06 bits per heavy atom. The first-order valence-electron chi connectivity index (χ1n) is 5.39. The van der Waals surface area contributed by atoms with Gasteiger partial charge in [0.25, 0.3) is 5.56 Å². The van der Waals surface area contributed by atoms with Crippen LogP contribution in [0.15, 0.2) is 4.79 Å². The average Bonchev–Trinajstić information content (AvgIpc) is 2.57. The number of rotatable bonds is 3. The van der Waals surface area contributed by atoms with Crippen molar-refractivity contribution in [3.8, 4) is 0 Å². The molecular weight excluding hydrogens is 210 g/mol. The van der Waals surface area contributed by atoms with Gasteiger partial charge in [0.2, 0.25) is 0 Å². The van der Waals surface area contributed by atoms with E-state index < -0.39 is 5.97 Å². The number of hydrogen-bond acceptors (Lipinski definition) is 4. The van der Waals surface area contributed by atoms with Gasteiger partial charge in [-0.3, -0.25) is 14.7 Å². The Bertz CT molecular complexity index is 447. The number of aromatic nitrogens is 2. The highest BCUT2D eigenvalue weighted by atomic mass is 16.5. The zero-order chi connectivity index (χ0) is 11.5. The van der Waals surface area contributed by atoms with Crippen molar-refractivity contribution >= 4 is 5.97 Å². The summed E-state index contributed by atoms with van der Waals surface area (Å²) in [6.45, 7) is 3.45. The second kappa shape index (κ2) is 4.52. The molecule has 1 aromatic heterocycles. The van der Waals surface area contributed by atoms with E-state index in [9.17, 15) is 9.59 Å². The Morgan fingerprint density at radius 2 is 2.38 bits per heavy atom. The summed E-state index contributed by atoms with van der Waals surface area (Å²) in [7, 11) is 0. The number of H-pyrrole nitrogens is 1. The molecule has 0 radical (unpaired) electrons. The van der Waals surface area contributed by atoms with E-state index >= 15 is 0 Å². The summed E-state index contributed by atoms with van der Waals surface area (Å²) >= 11 is 0. The lowest BCUT2D eigenvalue weighted by Crippen LogP contribution is -2.29. The predicted octanol–water partition coefficient (Wildman–Crippen LogP) is -0.615. The van der Waals surface area contributed by atoms with Crippen LogP contribution in [0.1, 0.15) is 18.2 Å². The molecule has 0 unspecified atom stereocenters. The summed E-state index contributed by atoms with van der Waals surface area (Å²) in [5, 5.41) is 6.08. The lowest BCUT2D eigenvalue weighted by molar-refractivity contribution is -0.144. The lowest BCUT2D eigenvalue weighted by atomic mass is 10.1. The van der Waals surface area contributed by atoms with E-state index in [1.54, 1.807) is 6.92 Å².